The summed E-state index contributed by atoms with van der Waals surface area (Å²) in [5, 5.41) is 18.2. The molecule has 0 aromatic heterocycles. The minimum Gasteiger partial charge on any atom is -0.508 e. The van der Waals surface area contributed by atoms with Crippen molar-refractivity contribution in [3.8, 4) is 5.75 Å². The van der Waals surface area contributed by atoms with Crippen LogP contribution in [0.2, 0.25) is 0 Å². The first-order valence-electron chi connectivity index (χ1n) is 4.08. The summed E-state index contributed by atoms with van der Waals surface area (Å²) < 4.78 is 11.6. The Labute approximate surface area is 82.0 Å². The first-order valence-corrected chi connectivity index (χ1v) is 5.57. The fourth-order valence-corrected chi connectivity index (χ4v) is 2.30. The van der Waals surface area contributed by atoms with Gasteiger partial charge in [0.25, 0.3) is 0 Å². The van der Waals surface area contributed by atoms with Crippen LogP contribution in [0.15, 0.2) is 24.3 Å². The Morgan fingerprint density at radius 1 is 1.50 bits per heavy atom. The summed E-state index contributed by atoms with van der Waals surface area (Å²) in [5.41, 5.74) is -0.901. The maximum Gasteiger partial charge on any atom is 0.313 e. The predicted molar refractivity (Wildman–Crippen MR) is 53.8 cm³/mol. The molecule has 0 bridgehead atoms. The molecular formula is C9H11O4P. The largest absolute Gasteiger partial charge is 0.508 e. The van der Waals surface area contributed by atoms with Crippen LogP contribution in [0.1, 0.15) is 6.92 Å². The predicted octanol–water partition coefficient (Wildman–Crippen LogP) is 1.05. The maximum atomic E-state index is 11.6. The lowest BCUT2D eigenvalue weighted by Crippen LogP contribution is -2.15. The number of carboxylic acids is 1. The molecule has 0 aliphatic heterocycles. The van der Waals surface area contributed by atoms with E-state index in [9.17, 15) is 9.36 Å². The van der Waals surface area contributed by atoms with Crippen molar-refractivity contribution in [2.45, 2.75) is 12.6 Å². The molecule has 2 atom stereocenters. The SMILES string of the molecule is CC(C(=O)O)[PH](=O)c1cccc(O)c1. The Bertz CT molecular complexity index is 375. The number of rotatable bonds is 3. The first kappa shape index (κ1) is 10.8. The quantitative estimate of drug-likeness (QED) is 0.737. The monoisotopic (exact) mass is 214 g/mol. The highest BCUT2D eigenvalue weighted by atomic mass is 31.1. The molecule has 14 heavy (non-hydrogen) atoms. The number of benzene rings is 1. The van der Waals surface area contributed by atoms with Gasteiger partial charge >= 0.3 is 5.97 Å². The Morgan fingerprint density at radius 2 is 2.14 bits per heavy atom. The van der Waals surface area contributed by atoms with Crippen molar-refractivity contribution in [2.24, 2.45) is 0 Å². The summed E-state index contributed by atoms with van der Waals surface area (Å²) in [6.45, 7) is 1.40. The van der Waals surface area contributed by atoms with E-state index in [1.54, 1.807) is 12.1 Å². The number of carboxylic acid groups (broad SMARTS) is 1. The van der Waals surface area contributed by atoms with E-state index in [4.69, 9.17) is 10.2 Å². The summed E-state index contributed by atoms with van der Waals surface area (Å²) >= 11 is 0. The number of aromatic hydroxyl groups is 1. The minimum atomic E-state index is -2.38. The third kappa shape index (κ3) is 2.36. The number of hydrogen-bond donors (Lipinski definition) is 2. The van der Waals surface area contributed by atoms with Crippen LogP contribution in [-0.2, 0) is 9.36 Å². The number of carbonyl (C=O) groups is 1. The molecule has 76 valence electrons. The molecule has 1 rings (SSSR count). The summed E-state index contributed by atoms with van der Waals surface area (Å²) in [7, 11) is -2.38. The van der Waals surface area contributed by atoms with Gasteiger partial charge in [-0.2, -0.15) is 0 Å². The molecule has 0 fully saturated rings. The van der Waals surface area contributed by atoms with Crippen molar-refractivity contribution in [3.63, 3.8) is 0 Å². The molecular weight excluding hydrogens is 203 g/mol. The topological polar surface area (TPSA) is 74.6 Å². The lowest BCUT2D eigenvalue weighted by Gasteiger charge is -2.06. The van der Waals surface area contributed by atoms with E-state index >= 15 is 0 Å². The third-order valence-corrected chi connectivity index (χ3v) is 3.81. The molecule has 1 aromatic rings. The van der Waals surface area contributed by atoms with E-state index in [-0.39, 0.29) is 5.75 Å². The molecule has 0 saturated carbocycles. The molecule has 2 unspecified atom stereocenters. The average Bonchev–Trinajstić information content (AvgIpc) is 2.15. The zero-order chi connectivity index (χ0) is 10.7. The van der Waals surface area contributed by atoms with Crippen LogP contribution in [0, 0.1) is 0 Å². The molecule has 0 radical (unpaired) electrons. The highest BCUT2D eigenvalue weighted by molar-refractivity contribution is 7.55. The zero-order valence-corrected chi connectivity index (χ0v) is 8.60. The van der Waals surface area contributed by atoms with Gasteiger partial charge < -0.3 is 14.8 Å². The number of phenolic OH excluding ortho intramolecular Hbond substituents is 1. The van der Waals surface area contributed by atoms with Gasteiger partial charge in [-0.25, -0.2) is 0 Å². The van der Waals surface area contributed by atoms with E-state index in [0.717, 1.165) is 0 Å². The summed E-state index contributed by atoms with van der Waals surface area (Å²) in [6, 6.07) is 5.88. The van der Waals surface area contributed by atoms with Gasteiger partial charge in [0.2, 0.25) is 0 Å². The lowest BCUT2D eigenvalue weighted by atomic mass is 10.3. The van der Waals surface area contributed by atoms with E-state index < -0.39 is 19.4 Å². The van der Waals surface area contributed by atoms with E-state index in [0.29, 0.717) is 5.30 Å². The van der Waals surface area contributed by atoms with Crippen LogP contribution in [0.4, 0.5) is 0 Å². The van der Waals surface area contributed by atoms with Gasteiger partial charge in [0.1, 0.15) is 19.2 Å². The fourth-order valence-electron chi connectivity index (χ4n) is 1.02. The molecule has 0 saturated heterocycles. The third-order valence-electron chi connectivity index (χ3n) is 1.89. The Kier molecular flexibility index (Phi) is 3.31. The summed E-state index contributed by atoms with van der Waals surface area (Å²) in [5.74, 6) is -1.09. The molecule has 2 N–H and O–H groups in total. The van der Waals surface area contributed by atoms with Gasteiger partial charge in [-0.1, -0.05) is 12.1 Å². The molecule has 0 heterocycles. The van der Waals surface area contributed by atoms with Crippen molar-refractivity contribution in [1.82, 2.24) is 0 Å². The van der Waals surface area contributed by atoms with E-state index in [1.807, 2.05) is 0 Å². The molecule has 0 aliphatic carbocycles. The van der Waals surface area contributed by atoms with Crippen LogP contribution >= 0.6 is 7.80 Å². The average molecular weight is 214 g/mol. The molecule has 0 aliphatic rings. The van der Waals surface area contributed by atoms with E-state index in [2.05, 4.69) is 0 Å². The van der Waals surface area contributed by atoms with Crippen molar-refractivity contribution in [2.75, 3.05) is 0 Å². The van der Waals surface area contributed by atoms with Crippen molar-refractivity contribution in [1.29, 1.82) is 0 Å². The van der Waals surface area contributed by atoms with Gasteiger partial charge in [0.05, 0.1) is 0 Å². The molecule has 1 aromatic carbocycles. The number of phenols is 1. The second-order valence-electron chi connectivity index (χ2n) is 2.97. The van der Waals surface area contributed by atoms with Crippen molar-refractivity contribution >= 4 is 19.1 Å². The molecule has 0 spiro atoms. The van der Waals surface area contributed by atoms with Crippen molar-refractivity contribution in [3.05, 3.63) is 24.3 Å². The fraction of sp³-hybridized carbons (Fsp3) is 0.222. The minimum absolute atomic E-state index is 0.00145. The normalized spacial score (nSPS) is 14.6. The standard InChI is InChI=1S/C9H11O4P/c1-6(9(11)12)14(13)8-4-2-3-7(10)5-8/h2-6,10,14H,1H3,(H,11,12). The van der Waals surface area contributed by atoms with Gasteiger partial charge in [-0.15, -0.1) is 0 Å². The van der Waals surface area contributed by atoms with Crippen LogP contribution in [0.3, 0.4) is 0 Å². The van der Waals surface area contributed by atoms with Gasteiger partial charge in [0.15, 0.2) is 0 Å². The first-order chi connectivity index (χ1) is 6.52. The Hall–Kier alpha value is -1.28. The van der Waals surface area contributed by atoms with Crippen LogP contribution in [0.5, 0.6) is 5.75 Å². The van der Waals surface area contributed by atoms with Gasteiger partial charge in [-0.05, 0) is 19.1 Å². The lowest BCUT2D eigenvalue weighted by molar-refractivity contribution is -0.136. The highest BCUT2D eigenvalue weighted by Gasteiger charge is 2.20. The van der Waals surface area contributed by atoms with Crippen LogP contribution < -0.4 is 5.30 Å². The second-order valence-corrected chi connectivity index (χ2v) is 5.15. The smallest absolute Gasteiger partial charge is 0.313 e. The van der Waals surface area contributed by atoms with Crippen molar-refractivity contribution < 1.29 is 19.6 Å². The van der Waals surface area contributed by atoms with Gasteiger partial charge in [-0.3, -0.25) is 4.79 Å². The van der Waals surface area contributed by atoms with E-state index in [1.165, 1.54) is 19.1 Å². The summed E-state index contributed by atoms with van der Waals surface area (Å²) in [6.07, 6.45) is 0. The maximum absolute atomic E-state index is 11.6. The number of aliphatic carboxylic acids is 1. The molecule has 4 nitrogen and oxygen atoms in total. The molecule has 5 heteroatoms. The van der Waals surface area contributed by atoms with Gasteiger partial charge in [0, 0.05) is 5.30 Å². The van der Waals surface area contributed by atoms with Crippen LogP contribution in [-0.4, -0.2) is 21.8 Å². The Morgan fingerprint density at radius 3 is 2.64 bits per heavy atom. The zero-order valence-electron chi connectivity index (χ0n) is 7.60. The Balaban J connectivity index is 2.95. The second kappa shape index (κ2) is 4.29. The summed E-state index contributed by atoms with van der Waals surface area (Å²) in [4.78, 5) is 10.6. The molecule has 0 amide bonds. The number of hydrogen-bond acceptors (Lipinski definition) is 3. The highest BCUT2D eigenvalue weighted by Crippen LogP contribution is 2.28. The van der Waals surface area contributed by atoms with Crippen LogP contribution in [0.25, 0.3) is 0 Å².